The molecule has 0 atom stereocenters. The first kappa shape index (κ1) is 59.8. The largest absolute Gasteiger partial charge is 0.420 e. The van der Waals surface area contributed by atoms with Crippen LogP contribution in [0.25, 0.3) is 17.2 Å². The first-order valence-electron chi connectivity index (χ1n) is 24.1. The van der Waals surface area contributed by atoms with E-state index in [4.69, 9.17) is 38.7 Å². The maximum Gasteiger partial charge on any atom is 0.313 e. The monoisotopic (exact) mass is 1080 g/mol. The lowest BCUT2D eigenvalue weighted by molar-refractivity contribution is -0.136. The van der Waals surface area contributed by atoms with E-state index in [-0.39, 0.29) is 83.2 Å². The van der Waals surface area contributed by atoms with Gasteiger partial charge in [-0.1, -0.05) is 19.1 Å². The normalized spacial score (nSPS) is 13.9. The molecule has 412 valence electrons. The fourth-order valence-electron chi connectivity index (χ4n) is 7.14. The summed E-state index contributed by atoms with van der Waals surface area (Å²) in [5.74, 6) is -12.3. The van der Waals surface area contributed by atoms with Gasteiger partial charge in [0, 0.05) is 81.2 Å². The van der Waals surface area contributed by atoms with E-state index in [1.807, 2.05) is 31.2 Å². The minimum absolute atomic E-state index is 0.00419. The van der Waals surface area contributed by atoms with Gasteiger partial charge < -0.3 is 54.4 Å². The number of rotatable bonds is 32. The van der Waals surface area contributed by atoms with Gasteiger partial charge >= 0.3 is 16.1 Å². The Kier molecular flexibility index (Phi) is 24.8. The average molecular weight is 1080 g/mol. The smallest absolute Gasteiger partial charge is 0.313 e. The molecular weight excluding hydrogens is 1020 g/mol. The van der Waals surface area contributed by atoms with Gasteiger partial charge in [-0.25, -0.2) is 23.7 Å². The minimum Gasteiger partial charge on any atom is -0.420 e. The lowest BCUT2D eigenvalue weighted by Gasteiger charge is -2.34. The van der Waals surface area contributed by atoms with E-state index in [2.05, 4.69) is 35.2 Å². The molecule has 3 amide bonds. The van der Waals surface area contributed by atoms with Crippen LogP contribution in [0.4, 0.5) is 23.2 Å². The van der Waals surface area contributed by atoms with Crippen molar-refractivity contribution in [1.82, 2.24) is 30.4 Å². The lowest BCUT2D eigenvalue weighted by Crippen LogP contribution is -2.49. The molecule has 5 rings (SSSR count). The molecule has 3 heterocycles. The van der Waals surface area contributed by atoms with Crippen molar-refractivity contribution < 1.29 is 82.9 Å². The van der Waals surface area contributed by atoms with Gasteiger partial charge in [0.05, 0.1) is 104 Å². The van der Waals surface area contributed by atoms with Crippen molar-refractivity contribution in [3.63, 3.8) is 0 Å². The Morgan fingerprint density at radius 2 is 1.28 bits per heavy atom. The van der Waals surface area contributed by atoms with Crippen molar-refractivity contribution in [2.45, 2.75) is 50.5 Å². The van der Waals surface area contributed by atoms with Crippen molar-refractivity contribution in [2.75, 3.05) is 119 Å². The lowest BCUT2D eigenvalue weighted by atomic mass is 10.0. The SMILES string of the molecule is CCCNC(=O)C1=Cc2ccc(-c3cnc(CNC(=O)CCOCCOCCOCCC(=O)N4CCN(CCOCCOCCOCCC(=O)Oc5c(F)c(F)c(S(=O)(=O)O)c(F)c5F)CC4)nc3)cc2N=C(N)C1. The molecule has 0 saturated carbocycles. The zero-order valence-electron chi connectivity index (χ0n) is 41.4. The van der Waals surface area contributed by atoms with Crippen LogP contribution in [-0.4, -0.2) is 181 Å². The highest BCUT2D eigenvalue weighted by molar-refractivity contribution is 7.85. The first-order valence-corrected chi connectivity index (χ1v) is 25.5. The number of amidine groups is 1. The molecule has 2 aliphatic heterocycles. The molecule has 0 radical (unpaired) electrons. The highest BCUT2D eigenvalue weighted by atomic mass is 32.2. The molecule has 0 bridgehead atoms. The Hall–Kier alpha value is -6.04. The Morgan fingerprint density at radius 1 is 0.720 bits per heavy atom. The average Bonchev–Trinajstić information content (AvgIpc) is 3.56. The number of nitrogens with one attached hydrogen (secondary N) is 2. The van der Waals surface area contributed by atoms with Gasteiger partial charge in [-0.2, -0.15) is 17.2 Å². The fourth-order valence-corrected chi connectivity index (χ4v) is 7.77. The van der Waals surface area contributed by atoms with E-state index < -0.39 is 56.4 Å². The Balaban J connectivity index is 0.793. The molecule has 1 saturated heterocycles. The Morgan fingerprint density at radius 3 is 1.87 bits per heavy atom. The van der Waals surface area contributed by atoms with E-state index in [1.165, 1.54) is 0 Å². The highest BCUT2D eigenvalue weighted by Gasteiger charge is 2.34. The zero-order chi connectivity index (χ0) is 54.2. The molecule has 5 N–H and O–H groups in total. The summed E-state index contributed by atoms with van der Waals surface area (Å²) in [5.41, 5.74) is 9.68. The van der Waals surface area contributed by atoms with Gasteiger partial charge in [-0.05, 0) is 24.1 Å². The summed E-state index contributed by atoms with van der Waals surface area (Å²) in [7, 11) is -5.65. The molecule has 27 heteroatoms. The second-order valence-corrected chi connectivity index (χ2v) is 18.0. The summed E-state index contributed by atoms with van der Waals surface area (Å²) in [6.07, 6.45) is 6.04. The molecule has 3 aromatic rings. The zero-order valence-corrected chi connectivity index (χ0v) is 42.2. The molecule has 0 aliphatic carbocycles. The topological polar surface area (TPSA) is 282 Å². The summed E-state index contributed by atoms with van der Waals surface area (Å²) >= 11 is 0. The second kappa shape index (κ2) is 31.1. The Labute approximate surface area is 431 Å². The summed E-state index contributed by atoms with van der Waals surface area (Å²) in [6.45, 7) is 8.42. The number of hydrogen-bond acceptors (Lipinski definition) is 18. The van der Waals surface area contributed by atoms with Crippen molar-refractivity contribution in [3.8, 4) is 16.9 Å². The van der Waals surface area contributed by atoms with Gasteiger partial charge in [0.25, 0.3) is 0 Å². The summed E-state index contributed by atoms with van der Waals surface area (Å²) in [6, 6.07) is 5.65. The van der Waals surface area contributed by atoms with Crippen LogP contribution in [0, 0.1) is 23.3 Å². The summed E-state index contributed by atoms with van der Waals surface area (Å²) in [5, 5.41) is 5.67. The highest BCUT2D eigenvalue weighted by Crippen LogP contribution is 2.33. The van der Waals surface area contributed by atoms with Crippen molar-refractivity contribution in [2.24, 2.45) is 10.7 Å². The number of amides is 3. The van der Waals surface area contributed by atoms with Gasteiger partial charge in [0.1, 0.15) is 11.7 Å². The number of hydrogen-bond donors (Lipinski definition) is 4. The van der Waals surface area contributed by atoms with Gasteiger partial charge in [-0.15, -0.1) is 0 Å². The fraction of sp³-hybridized carbons (Fsp3) is 0.521. The van der Waals surface area contributed by atoms with Crippen LogP contribution in [0.3, 0.4) is 0 Å². The van der Waals surface area contributed by atoms with Crippen molar-refractivity contribution in [3.05, 3.63) is 70.8 Å². The quantitative estimate of drug-likeness (QED) is 0.0175. The van der Waals surface area contributed by atoms with E-state index in [9.17, 15) is 45.2 Å². The minimum atomic E-state index is -5.65. The second-order valence-electron chi connectivity index (χ2n) is 16.7. The van der Waals surface area contributed by atoms with Gasteiger partial charge in [0.2, 0.25) is 35.1 Å². The number of piperazine rings is 1. The molecule has 2 aliphatic rings. The molecule has 75 heavy (non-hydrogen) atoms. The van der Waals surface area contributed by atoms with Crippen LogP contribution >= 0.6 is 0 Å². The van der Waals surface area contributed by atoms with Crippen molar-refractivity contribution in [1.29, 1.82) is 0 Å². The molecule has 1 fully saturated rings. The van der Waals surface area contributed by atoms with Crippen LogP contribution < -0.4 is 21.1 Å². The van der Waals surface area contributed by atoms with Gasteiger partial charge in [0.15, 0.2) is 16.5 Å². The van der Waals surface area contributed by atoms with E-state index in [0.29, 0.717) is 102 Å². The van der Waals surface area contributed by atoms with E-state index >= 15 is 0 Å². The van der Waals surface area contributed by atoms with E-state index in [1.54, 1.807) is 17.3 Å². The maximum atomic E-state index is 14.0. The van der Waals surface area contributed by atoms with Crippen LogP contribution in [0.15, 0.2) is 46.1 Å². The number of aliphatic imine (C=N–C) groups is 1. The number of halogens is 4. The van der Waals surface area contributed by atoms with Crippen LogP contribution in [0.1, 0.15) is 50.4 Å². The number of fused-ring (bicyclic) bond motifs is 1. The third-order valence-corrected chi connectivity index (χ3v) is 12.0. The van der Waals surface area contributed by atoms with Crippen LogP contribution in [0.2, 0.25) is 0 Å². The third-order valence-electron chi connectivity index (χ3n) is 11.1. The number of nitrogens with zero attached hydrogens (tertiary/aromatic N) is 5. The van der Waals surface area contributed by atoms with Crippen LogP contribution in [-0.2, 0) is 64.3 Å². The third kappa shape index (κ3) is 19.9. The van der Waals surface area contributed by atoms with Crippen LogP contribution in [0.5, 0.6) is 5.75 Å². The van der Waals surface area contributed by atoms with Crippen molar-refractivity contribution >= 4 is 51.4 Å². The molecule has 1 aromatic heterocycles. The van der Waals surface area contributed by atoms with E-state index in [0.717, 1.165) is 23.1 Å². The molecule has 22 nitrogen and oxygen atoms in total. The number of carbonyl (C=O) groups excluding carboxylic acids is 4. The number of carbonyl (C=O) groups is 4. The number of benzene rings is 2. The number of aromatic nitrogens is 2. The molecule has 2 aromatic carbocycles. The standard InChI is InChI=1S/C48H62F4N8O14S/c1-2-8-54-48(64)34-26-33-4-3-32(27-36(33)58-37(53)28-34)35-29-55-38(56-30-35)31-57-39(61)5-14-68-18-22-72-23-19-69-15-6-40(62)60-11-9-59(10-12-60)13-17-71-21-25-73-24-20-70-16-7-41(63)74-46-42(49)44(51)47(75(65,66)67)45(52)43(46)50/h3-4,26-27,29-30H,2,5-25,28,31H2,1H3,(H2,53,58)(H,54,64)(H,57,61)(H,65,66,67). The van der Waals surface area contributed by atoms with Gasteiger partial charge in [-0.3, -0.25) is 28.6 Å². The predicted octanol–water partition coefficient (Wildman–Crippen LogP) is 2.88. The molecule has 0 spiro atoms. The molecule has 0 unspecified atom stereocenters. The Bertz CT molecular complexity index is 2540. The first-order chi connectivity index (χ1) is 36.0. The maximum absolute atomic E-state index is 14.0. The predicted molar refractivity (Wildman–Crippen MR) is 260 cm³/mol. The summed E-state index contributed by atoms with van der Waals surface area (Å²) < 4.78 is 124. The number of ether oxygens (including phenoxy) is 7. The number of nitrogens with two attached hydrogens (primary N) is 1. The summed E-state index contributed by atoms with van der Waals surface area (Å²) in [4.78, 5) is 64.5. The molecular formula is C48H62F4N8O14S. The number of esters is 1.